The van der Waals surface area contributed by atoms with E-state index in [9.17, 15) is 9.59 Å². The van der Waals surface area contributed by atoms with E-state index in [-0.39, 0.29) is 12.3 Å². The fourth-order valence-corrected chi connectivity index (χ4v) is 2.27. The number of hydrogen-bond donors (Lipinski definition) is 3. The lowest BCUT2D eigenvalue weighted by Gasteiger charge is -2.11. The van der Waals surface area contributed by atoms with Crippen LogP contribution < -0.4 is 20.3 Å². The molecule has 0 spiro atoms. The molecule has 0 saturated heterocycles. The molecular formula is C15H16BrN3O4. The van der Waals surface area contributed by atoms with Crippen molar-refractivity contribution in [3.05, 3.63) is 46.2 Å². The van der Waals surface area contributed by atoms with E-state index in [1.54, 1.807) is 37.6 Å². The average Bonchev–Trinajstić information content (AvgIpc) is 2.99. The van der Waals surface area contributed by atoms with Gasteiger partial charge in [-0.15, -0.1) is 0 Å². The van der Waals surface area contributed by atoms with Crippen molar-refractivity contribution in [2.45, 2.75) is 6.42 Å². The quantitative estimate of drug-likeness (QED) is 0.688. The van der Waals surface area contributed by atoms with Gasteiger partial charge in [-0.3, -0.25) is 20.4 Å². The van der Waals surface area contributed by atoms with E-state index in [1.165, 1.54) is 7.11 Å². The van der Waals surface area contributed by atoms with Crippen LogP contribution in [0.1, 0.15) is 16.1 Å². The van der Waals surface area contributed by atoms with Crippen molar-refractivity contribution in [2.24, 2.45) is 0 Å². The summed E-state index contributed by atoms with van der Waals surface area (Å²) in [5.74, 6) is 0.367. The molecule has 1 heterocycles. The van der Waals surface area contributed by atoms with E-state index in [4.69, 9.17) is 9.47 Å². The topological polar surface area (TPSA) is 92.4 Å². The Balaban J connectivity index is 1.95. The molecule has 0 fully saturated rings. The maximum absolute atomic E-state index is 12.0. The lowest BCUT2D eigenvalue weighted by atomic mass is 10.1. The third kappa shape index (κ3) is 4.49. The number of amides is 2. The summed E-state index contributed by atoms with van der Waals surface area (Å²) < 4.78 is 11.1. The molecule has 0 bridgehead atoms. The van der Waals surface area contributed by atoms with E-state index < -0.39 is 5.91 Å². The number of aromatic amines is 1. The van der Waals surface area contributed by atoms with Crippen LogP contribution in [0.3, 0.4) is 0 Å². The Labute approximate surface area is 141 Å². The lowest BCUT2D eigenvalue weighted by molar-refractivity contribution is -0.121. The number of halogens is 1. The van der Waals surface area contributed by atoms with Gasteiger partial charge >= 0.3 is 0 Å². The van der Waals surface area contributed by atoms with Crippen LogP contribution in [0.4, 0.5) is 0 Å². The number of aromatic nitrogens is 1. The summed E-state index contributed by atoms with van der Waals surface area (Å²) in [5.41, 5.74) is 5.68. The standard InChI is InChI=1S/C15H16BrN3O4/c1-22-11-3-4-13(23-2)9(5-11)6-14(20)18-19-15(21)12-7-10(16)8-17-12/h3-5,7-8,17H,6H2,1-2H3,(H,18,20)(H,19,21). The van der Waals surface area contributed by atoms with Crippen LogP contribution >= 0.6 is 15.9 Å². The molecule has 0 radical (unpaired) electrons. The van der Waals surface area contributed by atoms with Crippen molar-refractivity contribution in [1.29, 1.82) is 0 Å². The zero-order chi connectivity index (χ0) is 16.8. The number of H-pyrrole nitrogens is 1. The van der Waals surface area contributed by atoms with Crippen LogP contribution in [0.5, 0.6) is 11.5 Å². The van der Waals surface area contributed by atoms with E-state index in [1.807, 2.05) is 0 Å². The molecule has 0 unspecified atom stereocenters. The van der Waals surface area contributed by atoms with Gasteiger partial charge in [0.15, 0.2) is 0 Å². The first kappa shape index (κ1) is 16.9. The molecule has 7 nitrogen and oxygen atoms in total. The fourth-order valence-electron chi connectivity index (χ4n) is 1.93. The van der Waals surface area contributed by atoms with Gasteiger partial charge in [-0.05, 0) is 40.2 Å². The van der Waals surface area contributed by atoms with Gasteiger partial charge in [0.2, 0.25) is 5.91 Å². The fraction of sp³-hybridized carbons (Fsp3) is 0.200. The van der Waals surface area contributed by atoms with Gasteiger partial charge in [-0.25, -0.2) is 0 Å². The summed E-state index contributed by atoms with van der Waals surface area (Å²) in [5, 5.41) is 0. The van der Waals surface area contributed by atoms with Crippen molar-refractivity contribution < 1.29 is 19.1 Å². The van der Waals surface area contributed by atoms with Crippen LogP contribution in [0.15, 0.2) is 34.9 Å². The summed E-state index contributed by atoms with van der Waals surface area (Å²) in [4.78, 5) is 26.6. The minimum absolute atomic E-state index is 0.0368. The first-order chi connectivity index (χ1) is 11.0. The lowest BCUT2D eigenvalue weighted by Crippen LogP contribution is -2.42. The second-order valence-corrected chi connectivity index (χ2v) is 5.50. The monoisotopic (exact) mass is 381 g/mol. The number of carbonyl (C=O) groups excluding carboxylic acids is 2. The zero-order valence-corrected chi connectivity index (χ0v) is 14.2. The van der Waals surface area contributed by atoms with Crippen LogP contribution in [-0.4, -0.2) is 31.0 Å². The van der Waals surface area contributed by atoms with Gasteiger partial charge in [-0.1, -0.05) is 0 Å². The largest absolute Gasteiger partial charge is 0.497 e. The molecule has 0 atom stereocenters. The van der Waals surface area contributed by atoms with Crippen LogP contribution in [0.2, 0.25) is 0 Å². The number of hydrogen-bond acceptors (Lipinski definition) is 4. The van der Waals surface area contributed by atoms with Crippen molar-refractivity contribution in [3.8, 4) is 11.5 Å². The number of hydrazine groups is 1. The molecular weight excluding hydrogens is 366 g/mol. The van der Waals surface area contributed by atoms with Gasteiger partial charge < -0.3 is 14.5 Å². The van der Waals surface area contributed by atoms with Crippen molar-refractivity contribution in [2.75, 3.05) is 14.2 Å². The van der Waals surface area contributed by atoms with Gasteiger partial charge in [0, 0.05) is 16.2 Å². The Bertz CT molecular complexity index is 714. The molecule has 122 valence electrons. The number of rotatable bonds is 5. The van der Waals surface area contributed by atoms with Gasteiger partial charge in [0.1, 0.15) is 17.2 Å². The Hall–Kier alpha value is -2.48. The highest BCUT2D eigenvalue weighted by Crippen LogP contribution is 2.24. The van der Waals surface area contributed by atoms with E-state index >= 15 is 0 Å². The maximum atomic E-state index is 12.0. The summed E-state index contributed by atoms with van der Waals surface area (Å²) in [6, 6.07) is 6.77. The third-order valence-corrected chi connectivity index (χ3v) is 3.50. The molecule has 23 heavy (non-hydrogen) atoms. The Morgan fingerprint density at radius 2 is 1.96 bits per heavy atom. The number of methoxy groups -OCH3 is 2. The second kappa shape index (κ2) is 7.68. The Kier molecular flexibility index (Phi) is 5.64. The summed E-state index contributed by atoms with van der Waals surface area (Å²) in [6.07, 6.45) is 1.66. The van der Waals surface area contributed by atoms with Crippen LogP contribution in [-0.2, 0) is 11.2 Å². The van der Waals surface area contributed by atoms with Crippen molar-refractivity contribution in [1.82, 2.24) is 15.8 Å². The predicted octanol–water partition coefficient (Wildman–Crippen LogP) is 1.80. The van der Waals surface area contributed by atoms with Gasteiger partial charge in [0.25, 0.3) is 5.91 Å². The van der Waals surface area contributed by atoms with Crippen molar-refractivity contribution in [3.63, 3.8) is 0 Å². The smallest absolute Gasteiger partial charge is 0.286 e. The number of benzene rings is 1. The molecule has 0 saturated carbocycles. The second-order valence-electron chi connectivity index (χ2n) is 4.59. The summed E-state index contributed by atoms with van der Waals surface area (Å²) >= 11 is 3.23. The molecule has 1 aromatic carbocycles. The van der Waals surface area contributed by atoms with Crippen molar-refractivity contribution >= 4 is 27.7 Å². The van der Waals surface area contributed by atoms with E-state index in [0.29, 0.717) is 22.8 Å². The van der Waals surface area contributed by atoms with Crippen LogP contribution in [0, 0.1) is 0 Å². The number of carbonyl (C=O) groups is 2. The average molecular weight is 382 g/mol. The molecule has 0 aliphatic carbocycles. The third-order valence-electron chi connectivity index (χ3n) is 3.05. The molecule has 2 aromatic rings. The van der Waals surface area contributed by atoms with Gasteiger partial charge in [-0.2, -0.15) is 0 Å². The minimum atomic E-state index is -0.443. The van der Waals surface area contributed by atoms with E-state index in [0.717, 1.165) is 4.47 Å². The summed E-state index contributed by atoms with van der Waals surface area (Å²) in [6.45, 7) is 0. The Morgan fingerprint density at radius 3 is 2.57 bits per heavy atom. The Morgan fingerprint density at radius 1 is 1.17 bits per heavy atom. The van der Waals surface area contributed by atoms with Crippen LogP contribution in [0.25, 0.3) is 0 Å². The number of nitrogens with one attached hydrogen (secondary N) is 3. The first-order valence-electron chi connectivity index (χ1n) is 6.67. The number of ether oxygens (including phenoxy) is 2. The first-order valence-corrected chi connectivity index (χ1v) is 7.46. The highest BCUT2D eigenvalue weighted by molar-refractivity contribution is 9.10. The molecule has 3 N–H and O–H groups in total. The maximum Gasteiger partial charge on any atom is 0.286 e. The molecule has 0 aliphatic heterocycles. The zero-order valence-electron chi connectivity index (χ0n) is 12.6. The highest BCUT2D eigenvalue weighted by Gasteiger charge is 2.12. The SMILES string of the molecule is COc1ccc(OC)c(CC(=O)NNC(=O)c2cc(Br)c[nH]2)c1. The molecule has 2 rings (SSSR count). The van der Waals surface area contributed by atoms with E-state index in [2.05, 4.69) is 31.8 Å². The van der Waals surface area contributed by atoms with Gasteiger partial charge in [0.05, 0.1) is 20.6 Å². The molecule has 1 aromatic heterocycles. The molecule has 2 amide bonds. The highest BCUT2D eigenvalue weighted by atomic mass is 79.9. The summed E-state index contributed by atoms with van der Waals surface area (Å²) in [7, 11) is 3.06. The minimum Gasteiger partial charge on any atom is -0.497 e. The molecule has 0 aliphatic rings. The predicted molar refractivity (Wildman–Crippen MR) is 87.4 cm³/mol. The normalized spacial score (nSPS) is 10.0. The molecule has 8 heteroatoms.